The van der Waals surface area contributed by atoms with Gasteiger partial charge in [0.05, 0.1) is 0 Å². The molecule has 2 nitrogen and oxygen atoms in total. The molecule has 0 aliphatic heterocycles. The second-order valence-electron chi connectivity index (χ2n) is 9.74. The maximum Gasteiger partial charge on any atom is 0.143 e. The molecule has 2 N–H and O–H groups in total. The first-order chi connectivity index (χ1) is 15.1. The fraction of sp³-hybridized carbons (Fsp3) is 0.750. The van der Waals surface area contributed by atoms with Gasteiger partial charge in [-0.2, -0.15) is 0 Å². The van der Waals surface area contributed by atoms with Gasteiger partial charge < -0.3 is 5.73 Å². The highest BCUT2D eigenvalue weighted by molar-refractivity contribution is 6.30. The molecule has 0 saturated heterocycles. The Morgan fingerprint density at radius 3 is 2.03 bits per heavy atom. The molecule has 176 valence electrons. The predicted molar refractivity (Wildman–Crippen MR) is 136 cm³/mol. The lowest BCUT2D eigenvalue weighted by atomic mass is 9.77. The maximum atomic E-state index is 13.4. The van der Waals surface area contributed by atoms with Crippen LogP contribution in [0, 0.1) is 5.92 Å². The van der Waals surface area contributed by atoms with Gasteiger partial charge in [-0.3, -0.25) is 4.79 Å². The molecule has 1 aliphatic rings. The number of rotatable bonds is 16. The van der Waals surface area contributed by atoms with Crippen molar-refractivity contribution < 1.29 is 4.79 Å². The van der Waals surface area contributed by atoms with E-state index in [4.69, 9.17) is 17.3 Å². The average Bonchev–Trinajstić information content (AvgIpc) is 2.79. The van der Waals surface area contributed by atoms with Crippen LogP contribution in [0.2, 0.25) is 5.02 Å². The van der Waals surface area contributed by atoms with Crippen LogP contribution in [0.5, 0.6) is 0 Å². The van der Waals surface area contributed by atoms with Crippen molar-refractivity contribution >= 4 is 23.1 Å². The van der Waals surface area contributed by atoms with Crippen LogP contribution in [0.1, 0.15) is 134 Å². The molecule has 2 rings (SSSR count). The Balaban J connectivity index is 1.73. The topological polar surface area (TPSA) is 43.1 Å². The molecule has 0 spiro atoms. The first kappa shape index (κ1) is 26.2. The number of anilines is 1. The number of hydrogen-bond donors (Lipinski definition) is 1. The van der Waals surface area contributed by atoms with Gasteiger partial charge in [0.15, 0.2) is 0 Å². The molecule has 3 heteroatoms. The third kappa shape index (κ3) is 9.98. The van der Waals surface area contributed by atoms with Crippen molar-refractivity contribution in [2.45, 2.75) is 128 Å². The molecule has 0 radical (unpaired) electrons. The number of halogens is 1. The maximum absolute atomic E-state index is 13.4. The van der Waals surface area contributed by atoms with Gasteiger partial charge in [0.25, 0.3) is 0 Å². The Bertz CT molecular complexity index is 623. The molecule has 1 atom stereocenters. The monoisotopic (exact) mass is 447 g/mol. The van der Waals surface area contributed by atoms with Crippen molar-refractivity contribution in [3.63, 3.8) is 0 Å². The lowest BCUT2D eigenvalue weighted by Crippen LogP contribution is -2.25. The molecule has 0 heterocycles. The van der Waals surface area contributed by atoms with Gasteiger partial charge in [0.2, 0.25) is 0 Å². The summed E-state index contributed by atoms with van der Waals surface area (Å²) >= 11 is 6.26. The Kier molecular flexibility index (Phi) is 13.3. The molecule has 0 bridgehead atoms. The third-order valence-electron chi connectivity index (χ3n) is 7.12. The summed E-state index contributed by atoms with van der Waals surface area (Å²) in [6, 6.07) is 5.62. The molecule has 1 aliphatic carbocycles. The van der Waals surface area contributed by atoms with Gasteiger partial charge in [-0.15, -0.1) is 0 Å². The number of nitrogen functional groups attached to an aromatic ring is 1. The highest BCUT2D eigenvalue weighted by Gasteiger charge is 2.30. The van der Waals surface area contributed by atoms with Gasteiger partial charge in [-0.05, 0) is 43.0 Å². The first-order valence-electron chi connectivity index (χ1n) is 13.2. The normalized spacial score (nSPS) is 15.8. The van der Waals surface area contributed by atoms with Crippen molar-refractivity contribution in [2.75, 3.05) is 5.73 Å². The Labute approximate surface area is 196 Å². The van der Waals surface area contributed by atoms with Crippen LogP contribution in [-0.4, -0.2) is 5.78 Å². The highest BCUT2D eigenvalue weighted by atomic mass is 35.5. The number of carbonyl (C=O) groups excluding carboxylic acids is 1. The molecule has 0 amide bonds. The van der Waals surface area contributed by atoms with Crippen molar-refractivity contribution in [1.29, 1.82) is 0 Å². The fourth-order valence-electron chi connectivity index (χ4n) is 5.16. The number of carbonyl (C=O) groups is 1. The molecule has 1 fully saturated rings. The van der Waals surface area contributed by atoms with E-state index >= 15 is 0 Å². The van der Waals surface area contributed by atoms with Crippen LogP contribution in [-0.2, 0) is 4.79 Å². The van der Waals surface area contributed by atoms with E-state index in [1.807, 2.05) is 18.2 Å². The summed E-state index contributed by atoms with van der Waals surface area (Å²) < 4.78 is 0. The standard InChI is InChI=1S/C28H46ClNO/c1-2-3-4-5-6-7-8-9-10-11-12-16-19-25(26-22-24(29)20-21-27(26)30)28(31)23-17-14-13-15-18-23/h20-23,25H,2-19,30H2,1H3. The molecular formula is C28H46ClNO. The van der Waals surface area contributed by atoms with E-state index in [0.29, 0.717) is 10.8 Å². The number of ketones is 1. The molecular weight excluding hydrogens is 402 g/mol. The first-order valence-corrected chi connectivity index (χ1v) is 13.6. The van der Waals surface area contributed by atoms with Gasteiger partial charge >= 0.3 is 0 Å². The smallest absolute Gasteiger partial charge is 0.143 e. The van der Waals surface area contributed by atoms with Gasteiger partial charge in [0, 0.05) is 22.5 Å². The van der Waals surface area contributed by atoms with E-state index in [-0.39, 0.29) is 11.8 Å². The fourth-order valence-corrected chi connectivity index (χ4v) is 5.34. The van der Waals surface area contributed by atoms with Gasteiger partial charge in [0.1, 0.15) is 5.78 Å². The lowest BCUT2D eigenvalue weighted by Gasteiger charge is -2.26. The van der Waals surface area contributed by atoms with E-state index in [9.17, 15) is 4.79 Å². The Morgan fingerprint density at radius 1 is 0.903 bits per heavy atom. The molecule has 1 unspecified atom stereocenters. The van der Waals surface area contributed by atoms with Crippen LogP contribution in [0.3, 0.4) is 0 Å². The largest absolute Gasteiger partial charge is 0.398 e. The second kappa shape index (κ2) is 15.7. The summed E-state index contributed by atoms with van der Waals surface area (Å²) in [7, 11) is 0. The van der Waals surface area contributed by atoms with Crippen LogP contribution >= 0.6 is 11.6 Å². The molecule has 1 aromatic rings. The van der Waals surface area contributed by atoms with E-state index in [1.54, 1.807) is 0 Å². The minimum absolute atomic E-state index is 0.0788. The Hall–Kier alpha value is -1.02. The molecule has 31 heavy (non-hydrogen) atoms. The van der Waals surface area contributed by atoms with E-state index < -0.39 is 0 Å². The van der Waals surface area contributed by atoms with Crippen molar-refractivity contribution in [3.05, 3.63) is 28.8 Å². The van der Waals surface area contributed by atoms with Crippen LogP contribution in [0.25, 0.3) is 0 Å². The zero-order valence-electron chi connectivity index (χ0n) is 20.0. The van der Waals surface area contributed by atoms with Crippen molar-refractivity contribution in [1.82, 2.24) is 0 Å². The summed E-state index contributed by atoms with van der Waals surface area (Å²) in [4.78, 5) is 13.4. The van der Waals surface area contributed by atoms with Crippen molar-refractivity contribution in [2.24, 2.45) is 5.92 Å². The minimum Gasteiger partial charge on any atom is -0.398 e. The van der Waals surface area contributed by atoms with Crippen LogP contribution in [0.4, 0.5) is 5.69 Å². The summed E-state index contributed by atoms with van der Waals surface area (Å²) in [5.74, 6) is 0.552. The summed E-state index contributed by atoms with van der Waals surface area (Å²) in [6.07, 6.45) is 22.7. The zero-order valence-corrected chi connectivity index (χ0v) is 20.7. The molecule has 1 saturated carbocycles. The van der Waals surface area contributed by atoms with Crippen LogP contribution in [0.15, 0.2) is 18.2 Å². The van der Waals surface area contributed by atoms with Crippen LogP contribution < -0.4 is 5.73 Å². The van der Waals surface area contributed by atoms with Crippen molar-refractivity contribution in [3.8, 4) is 0 Å². The number of Topliss-reactive ketones (excluding diaryl/α,β-unsaturated/α-hetero) is 1. The summed E-state index contributed by atoms with van der Waals surface area (Å²) in [5.41, 5.74) is 7.97. The average molecular weight is 448 g/mol. The number of unbranched alkanes of at least 4 members (excludes halogenated alkanes) is 11. The van der Waals surface area contributed by atoms with Gasteiger partial charge in [-0.25, -0.2) is 0 Å². The van der Waals surface area contributed by atoms with E-state index in [0.717, 1.165) is 36.9 Å². The second-order valence-corrected chi connectivity index (χ2v) is 10.2. The highest BCUT2D eigenvalue weighted by Crippen LogP contribution is 2.36. The quantitative estimate of drug-likeness (QED) is 0.202. The van der Waals surface area contributed by atoms with E-state index in [1.165, 1.54) is 89.9 Å². The number of hydrogen-bond acceptors (Lipinski definition) is 2. The van der Waals surface area contributed by atoms with E-state index in [2.05, 4.69) is 6.92 Å². The SMILES string of the molecule is CCCCCCCCCCCCCCC(C(=O)C1CCCCC1)c1cc(Cl)ccc1N. The summed E-state index contributed by atoms with van der Waals surface area (Å²) in [6.45, 7) is 2.28. The van der Waals surface area contributed by atoms with Gasteiger partial charge in [-0.1, -0.05) is 115 Å². The molecule has 0 aromatic heterocycles. The third-order valence-corrected chi connectivity index (χ3v) is 7.36. The summed E-state index contributed by atoms with van der Waals surface area (Å²) in [5, 5.41) is 0.681. The number of nitrogens with two attached hydrogens (primary N) is 1. The Morgan fingerprint density at radius 2 is 1.45 bits per heavy atom. The predicted octanol–water partition coefficient (Wildman–Crippen LogP) is 9.25. The zero-order chi connectivity index (χ0) is 22.3. The molecule has 1 aromatic carbocycles. The lowest BCUT2D eigenvalue weighted by molar-refractivity contribution is -0.125. The minimum atomic E-state index is -0.0788. The number of benzene rings is 1.